The monoisotopic (exact) mass is 220 g/mol. The van der Waals surface area contributed by atoms with E-state index < -0.39 is 5.97 Å². The predicted molar refractivity (Wildman–Crippen MR) is 58.8 cm³/mol. The number of carboxylic acids is 1. The number of carbonyl (C=O) groups is 1. The van der Waals surface area contributed by atoms with Crippen LogP contribution in [0.15, 0.2) is 12.1 Å². The van der Waals surface area contributed by atoms with Crippen LogP contribution in [0.2, 0.25) is 0 Å². The molecular formula is C10H12N4O2. The van der Waals surface area contributed by atoms with Gasteiger partial charge in [-0.25, -0.2) is 9.78 Å². The largest absolute Gasteiger partial charge is 0.476 e. The van der Waals surface area contributed by atoms with Crippen LogP contribution >= 0.6 is 0 Å². The standard InChI is InChI=1S/C10H12N4O2/c1-3-11-8-4-6(2)12-9-5-7(10(15)16)13-14(8)9/h4-5,11H,3H2,1-2H3,(H,15,16). The van der Waals surface area contributed by atoms with E-state index in [0.717, 1.165) is 18.1 Å². The molecule has 0 radical (unpaired) electrons. The smallest absolute Gasteiger partial charge is 0.356 e. The van der Waals surface area contributed by atoms with Gasteiger partial charge in [-0.2, -0.15) is 9.61 Å². The maximum atomic E-state index is 10.8. The zero-order chi connectivity index (χ0) is 11.7. The summed E-state index contributed by atoms with van der Waals surface area (Å²) < 4.78 is 1.50. The van der Waals surface area contributed by atoms with E-state index in [2.05, 4.69) is 15.4 Å². The Bertz CT molecular complexity index is 547. The molecule has 0 aliphatic carbocycles. The minimum atomic E-state index is -1.05. The first-order chi connectivity index (χ1) is 7.61. The Morgan fingerprint density at radius 2 is 2.31 bits per heavy atom. The first kappa shape index (κ1) is 10.4. The Kier molecular flexibility index (Phi) is 2.47. The van der Waals surface area contributed by atoms with Crippen LogP contribution in [0, 0.1) is 6.92 Å². The molecule has 84 valence electrons. The average molecular weight is 220 g/mol. The molecule has 16 heavy (non-hydrogen) atoms. The van der Waals surface area contributed by atoms with E-state index in [4.69, 9.17) is 5.11 Å². The fraction of sp³-hybridized carbons (Fsp3) is 0.300. The van der Waals surface area contributed by atoms with Gasteiger partial charge in [0.25, 0.3) is 0 Å². The van der Waals surface area contributed by atoms with Gasteiger partial charge >= 0.3 is 5.97 Å². The molecule has 0 saturated carbocycles. The lowest BCUT2D eigenvalue weighted by molar-refractivity contribution is 0.0690. The van der Waals surface area contributed by atoms with Crippen LogP contribution in [0.5, 0.6) is 0 Å². The second-order valence-corrected chi connectivity index (χ2v) is 3.42. The zero-order valence-corrected chi connectivity index (χ0v) is 9.06. The first-order valence-corrected chi connectivity index (χ1v) is 4.96. The molecule has 0 aliphatic rings. The van der Waals surface area contributed by atoms with Gasteiger partial charge in [-0.3, -0.25) is 0 Å². The van der Waals surface area contributed by atoms with E-state index in [1.54, 1.807) is 0 Å². The third-order valence-corrected chi connectivity index (χ3v) is 2.13. The Hall–Kier alpha value is -2.11. The lowest BCUT2D eigenvalue weighted by atomic mass is 10.4. The van der Waals surface area contributed by atoms with Crippen molar-refractivity contribution >= 4 is 17.4 Å². The summed E-state index contributed by atoms with van der Waals surface area (Å²) in [5, 5.41) is 15.9. The number of rotatable bonds is 3. The third-order valence-electron chi connectivity index (χ3n) is 2.13. The predicted octanol–water partition coefficient (Wildman–Crippen LogP) is 1.17. The van der Waals surface area contributed by atoms with Gasteiger partial charge in [0.05, 0.1) is 0 Å². The highest BCUT2D eigenvalue weighted by Gasteiger charge is 2.12. The molecule has 2 aromatic heterocycles. The quantitative estimate of drug-likeness (QED) is 0.811. The molecule has 2 aromatic rings. The van der Waals surface area contributed by atoms with E-state index in [-0.39, 0.29) is 5.69 Å². The fourth-order valence-corrected chi connectivity index (χ4v) is 1.51. The summed E-state index contributed by atoms with van der Waals surface area (Å²) in [7, 11) is 0. The number of fused-ring (bicyclic) bond motifs is 1. The molecule has 6 heteroatoms. The molecule has 2 rings (SSSR count). The molecule has 0 aliphatic heterocycles. The van der Waals surface area contributed by atoms with Crippen LogP contribution in [0.3, 0.4) is 0 Å². The summed E-state index contributed by atoms with van der Waals surface area (Å²) in [4.78, 5) is 15.0. The van der Waals surface area contributed by atoms with Crippen molar-refractivity contribution in [1.82, 2.24) is 14.6 Å². The topological polar surface area (TPSA) is 79.5 Å². The highest BCUT2D eigenvalue weighted by atomic mass is 16.4. The summed E-state index contributed by atoms with van der Waals surface area (Å²) in [5.74, 6) is -0.303. The van der Waals surface area contributed by atoms with Crippen molar-refractivity contribution in [3.8, 4) is 0 Å². The molecule has 0 fully saturated rings. The summed E-state index contributed by atoms with van der Waals surface area (Å²) in [5.41, 5.74) is 1.35. The van der Waals surface area contributed by atoms with Gasteiger partial charge in [-0.1, -0.05) is 0 Å². The zero-order valence-electron chi connectivity index (χ0n) is 9.06. The second-order valence-electron chi connectivity index (χ2n) is 3.42. The van der Waals surface area contributed by atoms with Gasteiger partial charge in [0.15, 0.2) is 11.3 Å². The molecule has 2 heterocycles. The van der Waals surface area contributed by atoms with Crippen LogP contribution in [0.1, 0.15) is 23.1 Å². The minimum Gasteiger partial charge on any atom is -0.476 e. The third kappa shape index (κ3) is 1.69. The molecule has 0 aromatic carbocycles. The van der Waals surface area contributed by atoms with Gasteiger partial charge in [0, 0.05) is 24.4 Å². The lowest BCUT2D eigenvalue weighted by Gasteiger charge is -2.06. The van der Waals surface area contributed by atoms with Crippen LogP contribution in [0.4, 0.5) is 5.82 Å². The molecule has 0 saturated heterocycles. The van der Waals surface area contributed by atoms with E-state index in [9.17, 15) is 4.79 Å². The van der Waals surface area contributed by atoms with E-state index in [0.29, 0.717) is 5.65 Å². The van der Waals surface area contributed by atoms with Gasteiger partial charge < -0.3 is 10.4 Å². The molecule has 0 unspecified atom stereocenters. The number of hydrogen-bond donors (Lipinski definition) is 2. The van der Waals surface area contributed by atoms with Crippen molar-refractivity contribution in [3.05, 3.63) is 23.5 Å². The van der Waals surface area contributed by atoms with Crippen molar-refractivity contribution in [2.75, 3.05) is 11.9 Å². The van der Waals surface area contributed by atoms with Crippen molar-refractivity contribution < 1.29 is 9.90 Å². The van der Waals surface area contributed by atoms with E-state index in [1.165, 1.54) is 10.6 Å². The van der Waals surface area contributed by atoms with Gasteiger partial charge in [-0.15, -0.1) is 0 Å². The first-order valence-electron chi connectivity index (χ1n) is 4.96. The maximum absolute atomic E-state index is 10.8. The van der Waals surface area contributed by atoms with Crippen LogP contribution in [-0.4, -0.2) is 32.2 Å². The fourth-order valence-electron chi connectivity index (χ4n) is 1.51. The van der Waals surface area contributed by atoms with Crippen molar-refractivity contribution in [2.24, 2.45) is 0 Å². The van der Waals surface area contributed by atoms with Gasteiger partial charge in [0.2, 0.25) is 0 Å². The molecular weight excluding hydrogens is 208 g/mol. The number of nitrogens with one attached hydrogen (secondary N) is 1. The molecule has 0 atom stereocenters. The molecule has 0 amide bonds. The number of anilines is 1. The highest BCUT2D eigenvalue weighted by molar-refractivity contribution is 5.86. The number of aryl methyl sites for hydroxylation is 1. The molecule has 6 nitrogen and oxygen atoms in total. The number of nitrogens with zero attached hydrogens (tertiary/aromatic N) is 3. The SMILES string of the molecule is CCNc1cc(C)nc2cc(C(=O)O)nn12. The van der Waals surface area contributed by atoms with Crippen LogP contribution < -0.4 is 5.32 Å². The average Bonchev–Trinajstić information content (AvgIpc) is 2.61. The number of aromatic nitrogens is 3. The van der Waals surface area contributed by atoms with Crippen LogP contribution in [0.25, 0.3) is 5.65 Å². The highest BCUT2D eigenvalue weighted by Crippen LogP contribution is 2.13. The Balaban J connectivity index is 2.65. The number of aromatic carboxylic acids is 1. The van der Waals surface area contributed by atoms with Gasteiger partial charge in [0.1, 0.15) is 5.82 Å². The molecule has 2 N–H and O–H groups in total. The van der Waals surface area contributed by atoms with E-state index in [1.807, 2.05) is 19.9 Å². The Labute approximate surface area is 91.9 Å². The second kappa shape index (κ2) is 3.80. The number of carboxylic acid groups (broad SMARTS) is 1. The van der Waals surface area contributed by atoms with Crippen molar-refractivity contribution in [1.29, 1.82) is 0 Å². The summed E-state index contributed by atoms with van der Waals surface area (Å²) in [6.45, 7) is 4.55. The summed E-state index contributed by atoms with van der Waals surface area (Å²) in [6.07, 6.45) is 0. The van der Waals surface area contributed by atoms with Crippen molar-refractivity contribution in [2.45, 2.75) is 13.8 Å². The number of hydrogen-bond acceptors (Lipinski definition) is 4. The maximum Gasteiger partial charge on any atom is 0.356 e. The van der Waals surface area contributed by atoms with Gasteiger partial charge in [-0.05, 0) is 13.8 Å². The molecule has 0 spiro atoms. The Morgan fingerprint density at radius 1 is 1.56 bits per heavy atom. The van der Waals surface area contributed by atoms with E-state index >= 15 is 0 Å². The molecule has 0 bridgehead atoms. The normalized spacial score (nSPS) is 10.6. The minimum absolute atomic E-state index is 0.00254. The lowest BCUT2D eigenvalue weighted by Crippen LogP contribution is -2.06. The Morgan fingerprint density at radius 3 is 2.94 bits per heavy atom. The van der Waals surface area contributed by atoms with Crippen LogP contribution in [-0.2, 0) is 0 Å². The summed E-state index contributed by atoms with van der Waals surface area (Å²) >= 11 is 0. The summed E-state index contributed by atoms with van der Waals surface area (Å²) in [6, 6.07) is 3.28. The van der Waals surface area contributed by atoms with Crippen molar-refractivity contribution in [3.63, 3.8) is 0 Å².